The Bertz CT molecular complexity index is 543. The maximum absolute atomic E-state index is 13.4. The van der Waals surface area contributed by atoms with Gasteiger partial charge in [0.2, 0.25) is 0 Å². The van der Waals surface area contributed by atoms with Crippen LogP contribution in [0, 0.1) is 11.6 Å². The molecule has 0 N–H and O–H groups in total. The zero-order chi connectivity index (χ0) is 13.0. The van der Waals surface area contributed by atoms with E-state index in [1.54, 1.807) is 18.2 Å². The molecule has 0 atom stereocenters. The van der Waals surface area contributed by atoms with Crippen molar-refractivity contribution in [3.63, 3.8) is 0 Å². The van der Waals surface area contributed by atoms with Crippen LogP contribution in [0.25, 0.3) is 0 Å². The van der Waals surface area contributed by atoms with Gasteiger partial charge in [-0.15, -0.1) is 11.6 Å². The number of rotatable bonds is 4. The van der Waals surface area contributed by atoms with Gasteiger partial charge in [-0.2, -0.15) is 0 Å². The van der Waals surface area contributed by atoms with Crippen molar-refractivity contribution in [1.29, 1.82) is 0 Å². The standard InChI is InChI=1S/C14H11ClF2O/c15-8-10-3-1-5-12(7-10)18-9-11-4-2-6-13(16)14(11)17/h1-7H,8-9H2. The van der Waals surface area contributed by atoms with Crippen molar-refractivity contribution in [2.75, 3.05) is 0 Å². The summed E-state index contributed by atoms with van der Waals surface area (Å²) in [6, 6.07) is 11.2. The summed E-state index contributed by atoms with van der Waals surface area (Å²) in [4.78, 5) is 0. The van der Waals surface area contributed by atoms with Crippen LogP contribution in [0.3, 0.4) is 0 Å². The maximum Gasteiger partial charge on any atom is 0.165 e. The third-order valence-electron chi connectivity index (χ3n) is 2.48. The van der Waals surface area contributed by atoms with Gasteiger partial charge in [0.05, 0.1) is 0 Å². The first-order valence-corrected chi connectivity index (χ1v) is 5.95. The molecule has 0 radical (unpaired) electrons. The highest BCUT2D eigenvalue weighted by Crippen LogP contribution is 2.18. The van der Waals surface area contributed by atoms with E-state index in [1.165, 1.54) is 12.1 Å². The minimum absolute atomic E-state index is 0.0185. The minimum Gasteiger partial charge on any atom is -0.489 e. The topological polar surface area (TPSA) is 9.23 Å². The van der Waals surface area contributed by atoms with Gasteiger partial charge >= 0.3 is 0 Å². The molecule has 2 rings (SSSR count). The molecular formula is C14H11ClF2O. The van der Waals surface area contributed by atoms with Crippen molar-refractivity contribution in [3.8, 4) is 5.75 Å². The summed E-state index contributed by atoms with van der Waals surface area (Å²) < 4.78 is 31.8. The Morgan fingerprint density at radius 3 is 2.61 bits per heavy atom. The van der Waals surface area contributed by atoms with Gasteiger partial charge in [0.25, 0.3) is 0 Å². The average molecular weight is 269 g/mol. The van der Waals surface area contributed by atoms with E-state index in [-0.39, 0.29) is 12.2 Å². The van der Waals surface area contributed by atoms with Gasteiger partial charge in [0, 0.05) is 11.4 Å². The molecule has 0 bridgehead atoms. The van der Waals surface area contributed by atoms with Crippen molar-refractivity contribution in [2.45, 2.75) is 12.5 Å². The quantitative estimate of drug-likeness (QED) is 0.752. The lowest BCUT2D eigenvalue weighted by molar-refractivity contribution is 0.297. The van der Waals surface area contributed by atoms with Gasteiger partial charge in [0.15, 0.2) is 11.6 Å². The second-order valence-corrected chi connectivity index (χ2v) is 4.05. The van der Waals surface area contributed by atoms with Crippen LogP contribution in [0.2, 0.25) is 0 Å². The highest BCUT2D eigenvalue weighted by atomic mass is 35.5. The van der Waals surface area contributed by atoms with E-state index in [0.717, 1.165) is 11.6 Å². The molecule has 1 nitrogen and oxygen atoms in total. The number of hydrogen-bond donors (Lipinski definition) is 0. The van der Waals surface area contributed by atoms with Crippen molar-refractivity contribution in [3.05, 3.63) is 65.2 Å². The van der Waals surface area contributed by atoms with Crippen LogP contribution in [-0.4, -0.2) is 0 Å². The highest BCUT2D eigenvalue weighted by molar-refractivity contribution is 6.17. The molecule has 0 aliphatic rings. The fourth-order valence-electron chi connectivity index (χ4n) is 1.54. The van der Waals surface area contributed by atoms with Gasteiger partial charge in [-0.1, -0.05) is 24.3 Å². The van der Waals surface area contributed by atoms with Crippen LogP contribution in [0.4, 0.5) is 8.78 Å². The second-order valence-electron chi connectivity index (χ2n) is 3.78. The van der Waals surface area contributed by atoms with Gasteiger partial charge in [-0.3, -0.25) is 0 Å². The molecule has 18 heavy (non-hydrogen) atoms. The molecule has 0 saturated carbocycles. The van der Waals surface area contributed by atoms with E-state index in [1.807, 2.05) is 6.07 Å². The number of ether oxygens (including phenoxy) is 1. The van der Waals surface area contributed by atoms with E-state index in [9.17, 15) is 8.78 Å². The van der Waals surface area contributed by atoms with E-state index in [4.69, 9.17) is 16.3 Å². The van der Waals surface area contributed by atoms with Crippen molar-refractivity contribution in [2.24, 2.45) is 0 Å². The van der Waals surface area contributed by atoms with Crippen molar-refractivity contribution < 1.29 is 13.5 Å². The van der Waals surface area contributed by atoms with E-state index < -0.39 is 11.6 Å². The van der Waals surface area contributed by atoms with Gasteiger partial charge < -0.3 is 4.74 Å². The van der Waals surface area contributed by atoms with Gasteiger partial charge in [0.1, 0.15) is 12.4 Å². The molecule has 0 fully saturated rings. The molecule has 0 spiro atoms. The predicted octanol–water partition coefficient (Wildman–Crippen LogP) is 4.28. The van der Waals surface area contributed by atoms with Crippen LogP contribution >= 0.6 is 11.6 Å². The van der Waals surface area contributed by atoms with Crippen molar-refractivity contribution in [1.82, 2.24) is 0 Å². The summed E-state index contributed by atoms with van der Waals surface area (Å²) in [6.45, 7) is -0.0185. The Balaban J connectivity index is 2.09. The first kappa shape index (κ1) is 12.8. The molecule has 4 heteroatoms. The van der Waals surface area contributed by atoms with Gasteiger partial charge in [-0.05, 0) is 23.8 Å². The summed E-state index contributed by atoms with van der Waals surface area (Å²) in [7, 11) is 0. The summed E-state index contributed by atoms with van der Waals surface area (Å²) in [6.07, 6.45) is 0. The lowest BCUT2D eigenvalue weighted by Crippen LogP contribution is -2.00. The molecular weight excluding hydrogens is 258 g/mol. The summed E-state index contributed by atoms with van der Waals surface area (Å²) in [5, 5.41) is 0. The van der Waals surface area contributed by atoms with E-state index >= 15 is 0 Å². The molecule has 2 aromatic rings. The number of alkyl halides is 1. The fourth-order valence-corrected chi connectivity index (χ4v) is 1.71. The molecule has 0 aromatic heterocycles. The molecule has 0 saturated heterocycles. The second kappa shape index (κ2) is 5.83. The van der Waals surface area contributed by atoms with E-state index in [2.05, 4.69) is 0 Å². The molecule has 0 unspecified atom stereocenters. The largest absolute Gasteiger partial charge is 0.489 e. The normalized spacial score (nSPS) is 10.4. The monoisotopic (exact) mass is 268 g/mol. The molecule has 2 aromatic carbocycles. The third-order valence-corrected chi connectivity index (χ3v) is 2.79. The summed E-state index contributed by atoms with van der Waals surface area (Å²) in [5.41, 5.74) is 1.10. The molecule has 0 aliphatic carbocycles. The summed E-state index contributed by atoms with van der Waals surface area (Å²) in [5.74, 6) is -0.778. The first-order chi connectivity index (χ1) is 8.70. The number of hydrogen-bond acceptors (Lipinski definition) is 1. The maximum atomic E-state index is 13.4. The Morgan fingerprint density at radius 2 is 1.83 bits per heavy atom. The van der Waals surface area contributed by atoms with Crippen LogP contribution in [0.5, 0.6) is 5.75 Å². The molecule has 0 heterocycles. The lowest BCUT2D eigenvalue weighted by atomic mass is 10.2. The van der Waals surface area contributed by atoms with Crippen LogP contribution < -0.4 is 4.74 Å². The summed E-state index contributed by atoms with van der Waals surface area (Å²) >= 11 is 5.70. The van der Waals surface area contributed by atoms with Crippen LogP contribution in [0.1, 0.15) is 11.1 Å². The van der Waals surface area contributed by atoms with E-state index in [0.29, 0.717) is 11.6 Å². The smallest absolute Gasteiger partial charge is 0.165 e. The zero-order valence-corrected chi connectivity index (χ0v) is 10.3. The molecule has 94 valence electrons. The lowest BCUT2D eigenvalue weighted by Gasteiger charge is -2.08. The van der Waals surface area contributed by atoms with Gasteiger partial charge in [-0.25, -0.2) is 8.78 Å². The number of halogens is 3. The zero-order valence-electron chi connectivity index (χ0n) is 9.50. The predicted molar refractivity (Wildman–Crippen MR) is 66.7 cm³/mol. The Kier molecular flexibility index (Phi) is 4.15. The Labute approximate surface area is 109 Å². The first-order valence-electron chi connectivity index (χ1n) is 5.41. The van der Waals surface area contributed by atoms with Crippen LogP contribution in [-0.2, 0) is 12.5 Å². The Hall–Kier alpha value is -1.61. The number of benzene rings is 2. The minimum atomic E-state index is -0.870. The fraction of sp³-hybridized carbons (Fsp3) is 0.143. The van der Waals surface area contributed by atoms with Crippen LogP contribution in [0.15, 0.2) is 42.5 Å². The highest BCUT2D eigenvalue weighted by Gasteiger charge is 2.08. The Morgan fingerprint density at radius 1 is 1.06 bits per heavy atom. The molecule has 0 amide bonds. The average Bonchev–Trinajstić information content (AvgIpc) is 2.41. The van der Waals surface area contributed by atoms with Crippen molar-refractivity contribution >= 4 is 11.6 Å². The molecule has 0 aliphatic heterocycles. The SMILES string of the molecule is Fc1cccc(COc2cccc(CCl)c2)c1F. The third kappa shape index (κ3) is 2.99.